The van der Waals surface area contributed by atoms with Crippen molar-refractivity contribution in [1.29, 1.82) is 0 Å². The summed E-state index contributed by atoms with van der Waals surface area (Å²) in [6.07, 6.45) is 6.55. The predicted molar refractivity (Wildman–Crippen MR) is 98.5 cm³/mol. The number of ether oxygens (including phenoxy) is 4. The van der Waals surface area contributed by atoms with Gasteiger partial charge in [-0.05, 0) is 46.1 Å². The third kappa shape index (κ3) is 3.60. The molecule has 1 saturated heterocycles. The topological polar surface area (TPSA) is 71.1 Å². The molecule has 0 aromatic carbocycles. The van der Waals surface area contributed by atoms with Crippen molar-refractivity contribution in [3.63, 3.8) is 0 Å². The fraction of sp³-hybridized carbons (Fsp3) is 0.619. The molecule has 3 aliphatic heterocycles. The molecule has 0 saturated carbocycles. The van der Waals surface area contributed by atoms with Crippen molar-refractivity contribution in [2.75, 3.05) is 13.7 Å². The molecule has 6 heteroatoms. The first-order valence-corrected chi connectivity index (χ1v) is 9.46. The fourth-order valence-electron chi connectivity index (χ4n) is 3.97. The Bertz CT molecular complexity index is 746. The second-order valence-electron chi connectivity index (χ2n) is 7.77. The Balaban J connectivity index is 1.91. The van der Waals surface area contributed by atoms with Gasteiger partial charge in [-0.3, -0.25) is 0 Å². The van der Waals surface area contributed by atoms with E-state index in [2.05, 4.69) is 6.92 Å². The smallest absolute Gasteiger partial charge is 0.343 e. The zero-order chi connectivity index (χ0) is 19.8. The molecule has 0 radical (unpaired) electrons. The van der Waals surface area contributed by atoms with Crippen molar-refractivity contribution < 1.29 is 28.5 Å². The van der Waals surface area contributed by atoms with Crippen LogP contribution >= 0.6 is 0 Å². The Hall–Kier alpha value is -1.92. The Morgan fingerprint density at radius 1 is 1.41 bits per heavy atom. The van der Waals surface area contributed by atoms with Crippen LogP contribution in [0.5, 0.6) is 0 Å². The number of hydrogen-bond donors (Lipinski definition) is 0. The number of esters is 2. The van der Waals surface area contributed by atoms with Crippen LogP contribution in [0.4, 0.5) is 0 Å². The Morgan fingerprint density at radius 2 is 2.15 bits per heavy atom. The standard InChI is InChI=1S/C21H28O6/c1-6-13(2)18(22)25-12-16-15-8-7-14(3)21(24-5)10-9-20(4,27-21)11-17(15)26-19(16)23/h6,11,14H,7-10,12H2,1-5H3/b13-6+,17-11?/t14-,20?,21?/m1/s1. The first-order valence-electron chi connectivity index (χ1n) is 9.46. The Kier molecular flexibility index (Phi) is 5.32. The number of carbonyl (C=O) groups excluding carboxylic acids is 2. The number of rotatable bonds is 4. The van der Waals surface area contributed by atoms with Crippen LogP contribution in [0.2, 0.25) is 0 Å². The van der Waals surface area contributed by atoms with Crippen molar-refractivity contribution in [1.82, 2.24) is 0 Å². The van der Waals surface area contributed by atoms with Crippen LogP contribution in [-0.2, 0) is 28.5 Å². The molecule has 0 aromatic rings. The third-order valence-corrected chi connectivity index (χ3v) is 5.95. The first kappa shape index (κ1) is 19.8. The van der Waals surface area contributed by atoms with E-state index >= 15 is 0 Å². The van der Waals surface area contributed by atoms with Gasteiger partial charge in [-0.2, -0.15) is 0 Å². The molecule has 0 N–H and O–H groups in total. The molecule has 6 nitrogen and oxygen atoms in total. The van der Waals surface area contributed by atoms with E-state index in [4.69, 9.17) is 18.9 Å². The molecule has 2 bridgehead atoms. The van der Waals surface area contributed by atoms with E-state index in [0.29, 0.717) is 23.3 Å². The number of carbonyl (C=O) groups is 2. The average Bonchev–Trinajstić information content (AvgIpc) is 3.14. The molecule has 27 heavy (non-hydrogen) atoms. The molecular weight excluding hydrogens is 348 g/mol. The van der Waals surface area contributed by atoms with Crippen LogP contribution in [0.25, 0.3) is 0 Å². The summed E-state index contributed by atoms with van der Waals surface area (Å²) in [6, 6.07) is 0. The van der Waals surface area contributed by atoms with Crippen molar-refractivity contribution in [2.45, 2.75) is 64.8 Å². The van der Waals surface area contributed by atoms with Crippen LogP contribution in [0.15, 0.2) is 34.6 Å². The van der Waals surface area contributed by atoms with E-state index in [1.165, 1.54) is 0 Å². The van der Waals surface area contributed by atoms with Gasteiger partial charge in [0.25, 0.3) is 0 Å². The third-order valence-electron chi connectivity index (χ3n) is 5.95. The lowest BCUT2D eigenvalue weighted by molar-refractivity contribution is -0.252. The number of methoxy groups -OCH3 is 1. The lowest BCUT2D eigenvalue weighted by Crippen LogP contribution is -2.40. The minimum Gasteiger partial charge on any atom is -0.457 e. The highest BCUT2D eigenvalue weighted by Crippen LogP contribution is 2.48. The largest absolute Gasteiger partial charge is 0.457 e. The summed E-state index contributed by atoms with van der Waals surface area (Å²) < 4.78 is 22.9. The maximum absolute atomic E-state index is 12.4. The first-order chi connectivity index (χ1) is 12.7. The maximum atomic E-state index is 12.4. The number of hydrogen-bond acceptors (Lipinski definition) is 6. The summed E-state index contributed by atoms with van der Waals surface area (Å²) in [5.74, 6) is -0.827. The van der Waals surface area contributed by atoms with Crippen molar-refractivity contribution in [3.05, 3.63) is 34.6 Å². The van der Waals surface area contributed by atoms with E-state index < -0.39 is 23.3 Å². The minimum absolute atomic E-state index is 0.0864. The highest BCUT2D eigenvalue weighted by molar-refractivity contribution is 5.96. The highest BCUT2D eigenvalue weighted by atomic mass is 16.7. The molecule has 0 aromatic heterocycles. The summed E-state index contributed by atoms with van der Waals surface area (Å²) in [5.41, 5.74) is 1.16. The molecule has 1 fully saturated rings. The molecule has 0 amide bonds. The summed E-state index contributed by atoms with van der Waals surface area (Å²) in [6.45, 7) is 7.45. The van der Waals surface area contributed by atoms with Crippen molar-refractivity contribution >= 4 is 11.9 Å². The van der Waals surface area contributed by atoms with Gasteiger partial charge in [0.15, 0.2) is 5.79 Å². The molecule has 3 rings (SSSR count). The highest BCUT2D eigenvalue weighted by Gasteiger charge is 2.51. The van der Waals surface area contributed by atoms with Crippen LogP contribution in [0, 0.1) is 5.92 Å². The Labute approximate surface area is 160 Å². The molecule has 3 atom stereocenters. The van der Waals surface area contributed by atoms with Crippen LogP contribution in [-0.4, -0.2) is 37.0 Å². The maximum Gasteiger partial charge on any atom is 0.343 e. The van der Waals surface area contributed by atoms with Gasteiger partial charge in [0, 0.05) is 30.6 Å². The second-order valence-corrected chi connectivity index (χ2v) is 7.77. The predicted octanol–water partition coefficient (Wildman–Crippen LogP) is 3.57. The van der Waals surface area contributed by atoms with Gasteiger partial charge in [0.2, 0.25) is 0 Å². The van der Waals surface area contributed by atoms with Crippen LogP contribution in [0.1, 0.15) is 53.4 Å². The fourth-order valence-corrected chi connectivity index (χ4v) is 3.97. The molecule has 3 heterocycles. The van der Waals surface area contributed by atoms with Gasteiger partial charge >= 0.3 is 11.9 Å². The van der Waals surface area contributed by atoms with Gasteiger partial charge in [-0.15, -0.1) is 0 Å². The number of fused-ring (bicyclic) bond motifs is 3. The zero-order valence-electron chi connectivity index (χ0n) is 16.7. The molecule has 0 aliphatic carbocycles. The van der Waals surface area contributed by atoms with Gasteiger partial charge in [-0.1, -0.05) is 13.0 Å². The average molecular weight is 376 g/mol. The van der Waals surface area contributed by atoms with E-state index in [1.807, 2.05) is 13.0 Å². The van der Waals surface area contributed by atoms with Crippen LogP contribution < -0.4 is 0 Å². The van der Waals surface area contributed by atoms with Gasteiger partial charge in [0.05, 0.1) is 11.2 Å². The normalized spacial score (nSPS) is 33.7. The SMILES string of the molecule is C/C=C(\C)C(=O)OCC1=C2CC[C@@H](C)C3(OC)CCC(C)(C=C2OC1=O)O3. The second kappa shape index (κ2) is 7.24. The van der Waals surface area contributed by atoms with Gasteiger partial charge < -0.3 is 18.9 Å². The monoisotopic (exact) mass is 376 g/mol. The number of allylic oxidation sites excluding steroid dienone is 2. The quantitative estimate of drug-likeness (QED) is 0.552. The minimum atomic E-state index is -0.620. The molecule has 0 spiro atoms. The molecule has 3 aliphatic rings. The zero-order valence-corrected chi connectivity index (χ0v) is 16.7. The summed E-state index contributed by atoms with van der Waals surface area (Å²) >= 11 is 0. The van der Waals surface area contributed by atoms with E-state index in [0.717, 1.165) is 24.8 Å². The van der Waals surface area contributed by atoms with Crippen molar-refractivity contribution in [2.24, 2.45) is 5.92 Å². The summed E-state index contributed by atoms with van der Waals surface area (Å²) in [4.78, 5) is 24.4. The van der Waals surface area contributed by atoms with Crippen molar-refractivity contribution in [3.8, 4) is 0 Å². The Morgan fingerprint density at radius 3 is 2.81 bits per heavy atom. The summed E-state index contributed by atoms with van der Waals surface area (Å²) in [7, 11) is 1.68. The van der Waals surface area contributed by atoms with E-state index in [1.54, 1.807) is 27.0 Å². The van der Waals surface area contributed by atoms with E-state index in [-0.39, 0.29) is 12.5 Å². The lowest BCUT2D eigenvalue weighted by Gasteiger charge is -2.35. The van der Waals surface area contributed by atoms with Gasteiger partial charge in [-0.25, -0.2) is 9.59 Å². The van der Waals surface area contributed by atoms with Gasteiger partial charge in [0.1, 0.15) is 12.4 Å². The molecular formula is C21H28O6. The molecule has 148 valence electrons. The molecule has 2 unspecified atom stereocenters. The summed E-state index contributed by atoms with van der Waals surface area (Å²) in [5, 5.41) is 0. The van der Waals surface area contributed by atoms with Crippen LogP contribution in [0.3, 0.4) is 0 Å². The lowest BCUT2D eigenvalue weighted by atomic mass is 9.87. The van der Waals surface area contributed by atoms with E-state index in [9.17, 15) is 9.59 Å².